The van der Waals surface area contributed by atoms with E-state index in [0.717, 1.165) is 16.9 Å². The van der Waals surface area contributed by atoms with Crippen molar-refractivity contribution in [1.29, 1.82) is 0 Å². The summed E-state index contributed by atoms with van der Waals surface area (Å²) in [5.41, 5.74) is 1.61. The summed E-state index contributed by atoms with van der Waals surface area (Å²) in [6.07, 6.45) is 0.00981. The third-order valence-corrected chi connectivity index (χ3v) is 2.12. The van der Waals surface area contributed by atoms with Crippen molar-refractivity contribution in [3.63, 3.8) is 0 Å². The molecule has 1 heterocycles. The molecule has 0 saturated carbocycles. The minimum atomic E-state index is -0.844. The van der Waals surface area contributed by atoms with Gasteiger partial charge in [-0.3, -0.25) is 4.79 Å². The van der Waals surface area contributed by atoms with E-state index in [1.54, 1.807) is 12.1 Å². The normalized spacial score (nSPS) is 14.3. The lowest BCUT2D eigenvalue weighted by Gasteiger charge is -2.19. The van der Waals surface area contributed by atoms with Gasteiger partial charge in [0.05, 0.1) is 13.0 Å². The second-order valence-corrected chi connectivity index (χ2v) is 3.07. The minimum absolute atomic E-state index is 0.00981. The predicted octanol–water partition coefficient (Wildman–Crippen LogP) is 1.18. The zero-order chi connectivity index (χ0) is 9.97. The number of carboxylic acid groups (broad SMARTS) is 1. The summed E-state index contributed by atoms with van der Waals surface area (Å²) in [6, 6.07) is 5.40. The summed E-state index contributed by atoms with van der Waals surface area (Å²) in [5, 5.41) is 8.69. The van der Waals surface area contributed by atoms with E-state index in [-0.39, 0.29) is 13.2 Å². The molecule has 0 fully saturated rings. The van der Waals surface area contributed by atoms with Crippen molar-refractivity contribution in [2.24, 2.45) is 0 Å². The molecular formula is C10H10O4. The van der Waals surface area contributed by atoms with Gasteiger partial charge in [0.2, 0.25) is 0 Å². The molecule has 0 atom stereocenters. The van der Waals surface area contributed by atoms with Crippen molar-refractivity contribution < 1.29 is 19.4 Å². The Morgan fingerprint density at radius 2 is 2.36 bits per heavy atom. The third kappa shape index (κ3) is 1.70. The summed E-state index contributed by atoms with van der Waals surface area (Å²) < 4.78 is 10.3. The fourth-order valence-electron chi connectivity index (χ4n) is 1.49. The van der Waals surface area contributed by atoms with Crippen molar-refractivity contribution in [3.8, 4) is 5.75 Å². The van der Waals surface area contributed by atoms with Gasteiger partial charge in [0, 0.05) is 5.56 Å². The number of fused-ring (bicyclic) bond motifs is 1. The van der Waals surface area contributed by atoms with Gasteiger partial charge in [0.15, 0.2) is 6.79 Å². The molecule has 1 aliphatic heterocycles. The Morgan fingerprint density at radius 1 is 1.50 bits per heavy atom. The molecule has 1 aliphatic rings. The highest BCUT2D eigenvalue weighted by Gasteiger charge is 2.15. The summed E-state index contributed by atoms with van der Waals surface area (Å²) in [6.45, 7) is 0.669. The van der Waals surface area contributed by atoms with Crippen molar-refractivity contribution in [1.82, 2.24) is 0 Å². The average Bonchev–Trinajstić information content (AvgIpc) is 2.18. The molecule has 1 aromatic rings. The maximum absolute atomic E-state index is 10.6. The Hall–Kier alpha value is -1.55. The molecule has 0 amide bonds. The maximum atomic E-state index is 10.6. The van der Waals surface area contributed by atoms with Crippen LogP contribution in [0, 0.1) is 0 Å². The van der Waals surface area contributed by atoms with Gasteiger partial charge in [-0.05, 0) is 11.6 Å². The summed E-state index contributed by atoms with van der Waals surface area (Å²) in [7, 11) is 0. The standard InChI is InChI=1S/C10H10O4/c11-10(12)4-7-2-1-3-9-8(7)5-13-6-14-9/h1-3H,4-6H2,(H,11,12). The van der Waals surface area contributed by atoms with E-state index in [1.165, 1.54) is 0 Å². The SMILES string of the molecule is O=C(O)Cc1cccc2c1COCO2. The van der Waals surface area contributed by atoms with Crippen LogP contribution in [-0.2, 0) is 22.6 Å². The van der Waals surface area contributed by atoms with E-state index in [2.05, 4.69) is 0 Å². The molecule has 0 unspecified atom stereocenters. The van der Waals surface area contributed by atoms with Crippen LogP contribution in [0.5, 0.6) is 5.75 Å². The number of rotatable bonds is 2. The van der Waals surface area contributed by atoms with Crippen LogP contribution in [-0.4, -0.2) is 17.9 Å². The number of benzene rings is 1. The molecule has 14 heavy (non-hydrogen) atoms. The first-order chi connectivity index (χ1) is 6.77. The van der Waals surface area contributed by atoms with Crippen LogP contribution in [0.1, 0.15) is 11.1 Å². The van der Waals surface area contributed by atoms with E-state index in [0.29, 0.717) is 6.61 Å². The number of aliphatic carboxylic acids is 1. The van der Waals surface area contributed by atoms with Gasteiger partial charge in [-0.2, -0.15) is 0 Å². The second kappa shape index (κ2) is 3.67. The molecule has 0 spiro atoms. The van der Waals surface area contributed by atoms with Crippen LogP contribution in [0.3, 0.4) is 0 Å². The van der Waals surface area contributed by atoms with Gasteiger partial charge in [0.1, 0.15) is 5.75 Å². The van der Waals surface area contributed by atoms with Crippen LogP contribution in [0.2, 0.25) is 0 Å². The molecule has 0 aliphatic carbocycles. The van der Waals surface area contributed by atoms with Crippen molar-refractivity contribution in [2.75, 3.05) is 6.79 Å². The monoisotopic (exact) mass is 194 g/mol. The Bertz CT molecular complexity index is 359. The second-order valence-electron chi connectivity index (χ2n) is 3.07. The lowest BCUT2D eigenvalue weighted by molar-refractivity contribution is -0.136. The van der Waals surface area contributed by atoms with E-state index < -0.39 is 5.97 Å². The van der Waals surface area contributed by atoms with Gasteiger partial charge in [-0.1, -0.05) is 12.1 Å². The number of carbonyl (C=O) groups is 1. The minimum Gasteiger partial charge on any atom is -0.481 e. The first-order valence-corrected chi connectivity index (χ1v) is 4.30. The van der Waals surface area contributed by atoms with Crippen LogP contribution in [0.15, 0.2) is 18.2 Å². The molecule has 74 valence electrons. The highest BCUT2D eigenvalue weighted by molar-refractivity contribution is 5.71. The van der Waals surface area contributed by atoms with Gasteiger partial charge < -0.3 is 14.6 Å². The van der Waals surface area contributed by atoms with E-state index in [9.17, 15) is 4.79 Å². The van der Waals surface area contributed by atoms with E-state index in [4.69, 9.17) is 14.6 Å². The zero-order valence-corrected chi connectivity index (χ0v) is 7.53. The molecule has 1 N–H and O–H groups in total. The van der Waals surface area contributed by atoms with Crippen LogP contribution < -0.4 is 4.74 Å². The highest BCUT2D eigenvalue weighted by Crippen LogP contribution is 2.26. The topological polar surface area (TPSA) is 55.8 Å². The Balaban J connectivity index is 2.35. The van der Waals surface area contributed by atoms with Crippen LogP contribution in [0.4, 0.5) is 0 Å². The molecule has 0 aromatic heterocycles. The van der Waals surface area contributed by atoms with E-state index in [1.807, 2.05) is 6.07 Å². The number of ether oxygens (including phenoxy) is 2. The van der Waals surface area contributed by atoms with Gasteiger partial charge in [-0.15, -0.1) is 0 Å². The molecule has 2 rings (SSSR count). The molecule has 4 heteroatoms. The molecule has 0 radical (unpaired) electrons. The molecule has 0 bridgehead atoms. The highest BCUT2D eigenvalue weighted by atomic mass is 16.7. The molecule has 0 saturated heterocycles. The fraction of sp³-hybridized carbons (Fsp3) is 0.300. The average molecular weight is 194 g/mol. The Morgan fingerprint density at radius 3 is 3.14 bits per heavy atom. The molecule has 4 nitrogen and oxygen atoms in total. The van der Waals surface area contributed by atoms with Crippen molar-refractivity contribution in [3.05, 3.63) is 29.3 Å². The largest absolute Gasteiger partial charge is 0.481 e. The first kappa shape index (κ1) is 9.02. The van der Waals surface area contributed by atoms with Crippen molar-refractivity contribution >= 4 is 5.97 Å². The predicted molar refractivity (Wildman–Crippen MR) is 48.1 cm³/mol. The zero-order valence-electron chi connectivity index (χ0n) is 7.53. The number of hydrogen-bond acceptors (Lipinski definition) is 3. The lowest BCUT2D eigenvalue weighted by atomic mass is 10.0. The van der Waals surface area contributed by atoms with Gasteiger partial charge in [0.25, 0.3) is 0 Å². The summed E-state index contributed by atoms with van der Waals surface area (Å²) in [4.78, 5) is 10.6. The van der Waals surface area contributed by atoms with Crippen LogP contribution in [0.25, 0.3) is 0 Å². The third-order valence-electron chi connectivity index (χ3n) is 2.12. The summed E-state index contributed by atoms with van der Waals surface area (Å²) in [5.74, 6) is -0.112. The van der Waals surface area contributed by atoms with Gasteiger partial charge >= 0.3 is 5.97 Å². The first-order valence-electron chi connectivity index (χ1n) is 4.30. The molecule has 1 aromatic carbocycles. The fourth-order valence-corrected chi connectivity index (χ4v) is 1.49. The molecular weight excluding hydrogens is 184 g/mol. The lowest BCUT2D eigenvalue weighted by Crippen LogP contribution is -2.14. The Labute approximate surface area is 81.1 Å². The quantitative estimate of drug-likeness (QED) is 0.768. The van der Waals surface area contributed by atoms with Crippen LogP contribution >= 0.6 is 0 Å². The number of hydrogen-bond donors (Lipinski definition) is 1. The van der Waals surface area contributed by atoms with E-state index >= 15 is 0 Å². The van der Waals surface area contributed by atoms with Gasteiger partial charge in [-0.25, -0.2) is 0 Å². The van der Waals surface area contributed by atoms with Crippen molar-refractivity contribution in [2.45, 2.75) is 13.0 Å². The smallest absolute Gasteiger partial charge is 0.307 e. The Kier molecular flexibility index (Phi) is 2.37. The number of carboxylic acids is 1. The summed E-state index contributed by atoms with van der Waals surface area (Å²) >= 11 is 0. The maximum Gasteiger partial charge on any atom is 0.307 e.